The first-order valence-corrected chi connectivity index (χ1v) is 6.44. The molecule has 1 aromatic rings. The van der Waals surface area contributed by atoms with E-state index in [0.29, 0.717) is 0 Å². The van der Waals surface area contributed by atoms with Gasteiger partial charge in [-0.25, -0.2) is 0 Å². The second-order valence-electron chi connectivity index (χ2n) is 4.36. The molecule has 0 aromatic heterocycles. The van der Waals surface area contributed by atoms with E-state index in [0.717, 1.165) is 5.56 Å². The second kappa shape index (κ2) is 8.52. The predicted octanol–water partition coefficient (Wildman–Crippen LogP) is 1.48. The third kappa shape index (κ3) is 6.91. The van der Waals surface area contributed by atoms with Crippen LogP contribution in [-0.4, -0.2) is 46.0 Å². The summed E-state index contributed by atoms with van der Waals surface area (Å²) in [5.74, 6) is -2.47. The van der Waals surface area contributed by atoms with Crippen LogP contribution in [0.5, 0.6) is 0 Å². The second-order valence-corrected chi connectivity index (χ2v) is 4.36. The molecule has 0 unspecified atom stereocenters. The molecule has 0 aliphatic heterocycles. The van der Waals surface area contributed by atoms with Crippen LogP contribution in [0.4, 0.5) is 0 Å². The lowest BCUT2D eigenvalue weighted by Gasteiger charge is -2.19. The van der Waals surface area contributed by atoms with E-state index in [1.54, 1.807) is 6.08 Å². The van der Waals surface area contributed by atoms with Crippen molar-refractivity contribution in [2.75, 3.05) is 13.1 Å². The summed E-state index contributed by atoms with van der Waals surface area (Å²) in [5, 5.41) is 17.3. The van der Waals surface area contributed by atoms with E-state index in [-0.39, 0.29) is 25.9 Å². The van der Waals surface area contributed by atoms with Crippen LogP contribution in [0.1, 0.15) is 18.4 Å². The normalized spacial score (nSPS) is 10.5. The Morgan fingerprint density at radius 1 is 0.952 bits per heavy atom. The van der Waals surface area contributed by atoms with Gasteiger partial charge in [-0.3, -0.25) is 14.4 Å². The third-order valence-electron chi connectivity index (χ3n) is 2.72. The Bertz CT molecular complexity index is 506. The van der Waals surface area contributed by atoms with Crippen molar-refractivity contribution >= 4 is 23.9 Å². The number of hydrogen-bond donors (Lipinski definition) is 2. The molecule has 0 atom stereocenters. The number of nitrogens with zero attached hydrogens (tertiary/aromatic N) is 1. The van der Waals surface area contributed by atoms with Crippen LogP contribution < -0.4 is 0 Å². The zero-order valence-electron chi connectivity index (χ0n) is 11.4. The SMILES string of the molecule is O=C(O)CCN(CCC(=O)O)C(=O)C=Cc1ccccc1. The van der Waals surface area contributed by atoms with Crippen molar-refractivity contribution in [3.63, 3.8) is 0 Å². The lowest BCUT2D eigenvalue weighted by atomic mass is 10.2. The molecule has 6 nitrogen and oxygen atoms in total. The third-order valence-corrected chi connectivity index (χ3v) is 2.72. The molecule has 0 aliphatic rings. The van der Waals surface area contributed by atoms with Gasteiger partial charge in [-0.1, -0.05) is 30.3 Å². The van der Waals surface area contributed by atoms with Crippen LogP contribution in [-0.2, 0) is 14.4 Å². The standard InChI is InChI=1S/C15H17NO5/c17-13(7-6-12-4-2-1-3-5-12)16(10-8-14(18)19)11-9-15(20)21/h1-7H,8-11H2,(H,18,19)(H,20,21). The largest absolute Gasteiger partial charge is 0.481 e. The van der Waals surface area contributed by atoms with Crippen molar-refractivity contribution in [2.45, 2.75) is 12.8 Å². The molecule has 0 fully saturated rings. The highest BCUT2D eigenvalue weighted by Crippen LogP contribution is 2.03. The number of hydrogen-bond acceptors (Lipinski definition) is 3. The van der Waals surface area contributed by atoms with E-state index in [4.69, 9.17) is 10.2 Å². The minimum Gasteiger partial charge on any atom is -0.481 e. The monoisotopic (exact) mass is 291 g/mol. The van der Waals surface area contributed by atoms with Crippen molar-refractivity contribution in [3.8, 4) is 0 Å². The van der Waals surface area contributed by atoms with Gasteiger partial charge in [0.1, 0.15) is 0 Å². The van der Waals surface area contributed by atoms with E-state index in [1.165, 1.54) is 11.0 Å². The van der Waals surface area contributed by atoms with Crippen LogP contribution in [0.25, 0.3) is 6.08 Å². The molecule has 0 bridgehead atoms. The Hall–Kier alpha value is -2.63. The molecule has 1 aromatic carbocycles. The summed E-state index contributed by atoms with van der Waals surface area (Å²) >= 11 is 0. The van der Waals surface area contributed by atoms with Gasteiger partial charge in [0.15, 0.2) is 0 Å². The molecular formula is C15H17NO5. The van der Waals surface area contributed by atoms with Crippen LogP contribution in [0, 0.1) is 0 Å². The number of aliphatic carboxylic acids is 2. The molecular weight excluding hydrogens is 274 g/mol. The molecule has 0 saturated heterocycles. The summed E-state index contributed by atoms with van der Waals surface area (Å²) in [6.07, 6.45) is 2.49. The first-order chi connectivity index (χ1) is 9.99. The van der Waals surface area contributed by atoms with Crippen molar-refractivity contribution in [1.29, 1.82) is 0 Å². The number of carbonyl (C=O) groups excluding carboxylic acids is 1. The Morgan fingerprint density at radius 3 is 1.95 bits per heavy atom. The lowest BCUT2D eigenvalue weighted by Crippen LogP contribution is -2.33. The fourth-order valence-corrected chi connectivity index (χ4v) is 1.63. The summed E-state index contributed by atoms with van der Waals surface area (Å²) in [6.45, 7) is -0.0266. The molecule has 112 valence electrons. The highest BCUT2D eigenvalue weighted by atomic mass is 16.4. The average Bonchev–Trinajstić information content (AvgIpc) is 2.45. The summed E-state index contributed by atoms with van der Waals surface area (Å²) < 4.78 is 0. The Morgan fingerprint density at radius 2 is 1.48 bits per heavy atom. The molecule has 21 heavy (non-hydrogen) atoms. The molecule has 0 saturated carbocycles. The quantitative estimate of drug-likeness (QED) is 0.707. The van der Waals surface area contributed by atoms with Gasteiger partial charge in [0.05, 0.1) is 12.8 Å². The average molecular weight is 291 g/mol. The van der Waals surface area contributed by atoms with E-state index in [9.17, 15) is 14.4 Å². The minimum absolute atomic E-state index is 0.0133. The lowest BCUT2D eigenvalue weighted by molar-refractivity contribution is -0.138. The first kappa shape index (κ1) is 16.4. The Balaban J connectivity index is 2.66. The highest BCUT2D eigenvalue weighted by molar-refractivity contribution is 5.92. The first-order valence-electron chi connectivity index (χ1n) is 6.44. The van der Waals surface area contributed by atoms with Crippen LogP contribution in [0.15, 0.2) is 36.4 Å². The van der Waals surface area contributed by atoms with Gasteiger partial charge in [0, 0.05) is 19.2 Å². The Kier molecular flexibility index (Phi) is 6.67. The molecule has 1 rings (SSSR count). The minimum atomic E-state index is -1.03. The number of carboxylic acids is 2. The van der Waals surface area contributed by atoms with Crippen molar-refractivity contribution in [3.05, 3.63) is 42.0 Å². The fraction of sp³-hybridized carbons (Fsp3) is 0.267. The van der Waals surface area contributed by atoms with Gasteiger partial charge in [-0.15, -0.1) is 0 Å². The smallest absolute Gasteiger partial charge is 0.305 e. The summed E-state index contributed by atoms with van der Waals surface area (Å²) in [7, 11) is 0. The van der Waals surface area contributed by atoms with Gasteiger partial charge >= 0.3 is 11.9 Å². The van der Waals surface area contributed by atoms with Gasteiger partial charge in [-0.2, -0.15) is 0 Å². The molecule has 0 radical (unpaired) electrons. The molecule has 0 aliphatic carbocycles. The van der Waals surface area contributed by atoms with Gasteiger partial charge < -0.3 is 15.1 Å². The van der Waals surface area contributed by atoms with Crippen LogP contribution in [0.3, 0.4) is 0 Å². The maximum atomic E-state index is 12.0. The summed E-state index contributed by atoms with van der Waals surface area (Å²) in [4.78, 5) is 34.4. The number of rotatable bonds is 8. The van der Waals surface area contributed by atoms with E-state index in [1.807, 2.05) is 30.3 Å². The fourth-order valence-electron chi connectivity index (χ4n) is 1.63. The summed E-state index contributed by atoms with van der Waals surface area (Å²) in [6, 6.07) is 9.16. The van der Waals surface area contributed by atoms with Gasteiger partial charge in [-0.05, 0) is 11.6 Å². The number of amides is 1. The maximum Gasteiger partial charge on any atom is 0.305 e. The van der Waals surface area contributed by atoms with Crippen LogP contribution in [0.2, 0.25) is 0 Å². The van der Waals surface area contributed by atoms with Crippen molar-refractivity contribution in [2.24, 2.45) is 0 Å². The number of carboxylic acid groups (broad SMARTS) is 2. The molecule has 0 heterocycles. The molecule has 1 amide bonds. The Labute approximate surface area is 122 Å². The van der Waals surface area contributed by atoms with Gasteiger partial charge in [0.25, 0.3) is 0 Å². The molecule has 0 spiro atoms. The van der Waals surface area contributed by atoms with E-state index >= 15 is 0 Å². The highest BCUT2D eigenvalue weighted by Gasteiger charge is 2.13. The zero-order valence-corrected chi connectivity index (χ0v) is 11.4. The van der Waals surface area contributed by atoms with E-state index in [2.05, 4.69) is 0 Å². The topological polar surface area (TPSA) is 94.9 Å². The van der Waals surface area contributed by atoms with Crippen molar-refractivity contribution in [1.82, 2.24) is 4.90 Å². The van der Waals surface area contributed by atoms with E-state index < -0.39 is 17.8 Å². The molecule has 2 N–H and O–H groups in total. The van der Waals surface area contributed by atoms with Crippen LogP contribution >= 0.6 is 0 Å². The summed E-state index contributed by atoms with van der Waals surface area (Å²) in [5.41, 5.74) is 0.835. The zero-order chi connectivity index (χ0) is 15.7. The number of benzene rings is 1. The molecule has 6 heteroatoms. The van der Waals surface area contributed by atoms with Crippen molar-refractivity contribution < 1.29 is 24.6 Å². The predicted molar refractivity (Wildman–Crippen MR) is 76.6 cm³/mol. The number of carbonyl (C=O) groups is 3. The van der Waals surface area contributed by atoms with Gasteiger partial charge in [0.2, 0.25) is 5.91 Å². The maximum absolute atomic E-state index is 12.0.